The second kappa shape index (κ2) is 9.74. The first-order chi connectivity index (χ1) is 8.47. The van der Waals surface area contributed by atoms with Crippen LogP contribution in [0.3, 0.4) is 0 Å². The van der Waals surface area contributed by atoms with Crippen molar-refractivity contribution in [3.63, 3.8) is 0 Å². The Morgan fingerprint density at radius 2 is 2.00 bits per heavy atom. The molecule has 0 spiro atoms. The summed E-state index contributed by atoms with van der Waals surface area (Å²) in [6, 6.07) is 0. The maximum absolute atomic E-state index is 11.7. The first-order valence-corrected chi connectivity index (χ1v) is 9.53. The molecule has 0 aliphatic rings. The second-order valence-corrected chi connectivity index (χ2v) is 6.72. The number of methoxy groups -OCH3 is 1. The molecule has 0 bridgehead atoms. The van der Waals surface area contributed by atoms with E-state index in [1.807, 2.05) is 6.92 Å². The summed E-state index contributed by atoms with van der Waals surface area (Å²) in [6.45, 7) is 3.40. The van der Waals surface area contributed by atoms with Crippen molar-refractivity contribution in [1.82, 2.24) is 0 Å². The van der Waals surface area contributed by atoms with E-state index >= 15 is 0 Å². The van der Waals surface area contributed by atoms with Crippen molar-refractivity contribution in [3.05, 3.63) is 0 Å². The van der Waals surface area contributed by atoms with Crippen LogP contribution >= 0.6 is 0 Å². The summed E-state index contributed by atoms with van der Waals surface area (Å²) in [5, 5.41) is 0.753. The van der Waals surface area contributed by atoms with Gasteiger partial charge < -0.3 is 0 Å². The molecule has 0 N–H and O–H groups in total. The summed E-state index contributed by atoms with van der Waals surface area (Å²) < 4.78 is 10.9. The van der Waals surface area contributed by atoms with Crippen LogP contribution in [0.2, 0.25) is 11.1 Å². The van der Waals surface area contributed by atoms with Crippen molar-refractivity contribution >= 4 is 46.9 Å². The van der Waals surface area contributed by atoms with E-state index in [1.165, 1.54) is 14.0 Å². The van der Waals surface area contributed by atoms with E-state index in [2.05, 4.69) is 21.4 Å². The van der Waals surface area contributed by atoms with Crippen LogP contribution in [0.5, 0.6) is 0 Å². The van der Waals surface area contributed by atoms with Crippen LogP contribution in [0.25, 0.3) is 0 Å². The number of carbonyl (C=O) groups is 2. The fourth-order valence-corrected chi connectivity index (χ4v) is 4.14. The fraction of sp³-hybridized carbons (Fsp3) is 0.750. The third kappa shape index (κ3) is 6.14. The van der Waals surface area contributed by atoms with Crippen molar-refractivity contribution < 1.29 is 19.1 Å². The Kier molecular flexibility index (Phi) is 9.65. The number of ether oxygens (including phenoxy) is 2. The van der Waals surface area contributed by atoms with Crippen molar-refractivity contribution in [3.8, 4) is 0 Å². The molecule has 0 aliphatic carbocycles. The van der Waals surface area contributed by atoms with Gasteiger partial charge in [0.25, 0.3) is 0 Å². The summed E-state index contributed by atoms with van der Waals surface area (Å²) in [5.74, 6) is 1.17. The zero-order chi connectivity index (χ0) is 14.1. The van der Waals surface area contributed by atoms with Gasteiger partial charge in [0, 0.05) is 0 Å². The molecule has 0 aliphatic heterocycles. The molecule has 0 saturated heterocycles. The molecule has 18 heavy (non-hydrogen) atoms. The first kappa shape index (κ1) is 17.8. The molecule has 2 atom stereocenters. The zero-order valence-corrected chi connectivity index (χ0v) is 14.7. The second-order valence-electron chi connectivity index (χ2n) is 3.82. The number of hydrogen-bond donors (Lipinski definition) is 0. The number of hydrogen-bond acceptors (Lipinski definition) is 4. The van der Waals surface area contributed by atoms with Crippen molar-refractivity contribution in [2.75, 3.05) is 7.11 Å². The van der Waals surface area contributed by atoms with Gasteiger partial charge in [0.1, 0.15) is 0 Å². The van der Waals surface area contributed by atoms with Crippen molar-refractivity contribution in [1.29, 1.82) is 0 Å². The van der Waals surface area contributed by atoms with Crippen LogP contribution in [0.1, 0.15) is 26.7 Å². The molecular formula is C12H20O4Se2. The normalized spacial score (nSPS) is 13.6. The van der Waals surface area contributed by atoms with Gasteiger partial charge in [-0.1, -0.05) is 0 Å². The summed E-state index contributed by atoms with van der Waals surface area (Å²) in [6.07, 6.45) is 1.26. The molecule has 0 rings (SSSR count). The van der Waals surface area contributed by atoms with Crippen molar-refractivity contribution in [2.24, 2.45) is 5.92 Å². The molecule has 104 valence electrons. The van der Waals surface area contributed by atoms with Gasteiger partial charge in [-0.05, 0) is 0 Å². The molecule has 0 saturated carbocycles. The summed E-state index contributed by atoms with van der Waals surface area (Å²) >= 11 is 3.26. The zero-order valence-electron chi connectivity index (χ0n) is 11.2. The van der Waals surface area contributed by atoms with E-state index in [4.69, 9.17) is 9.47 Å². The molecule has 2 unspecified atom stereocenters. The predicted octanol–water partition coefficient (Wildman–Crippen LogP) is 1.02. The molecule has 0 radical (unpaired) electrons. The third-order valence-electron chi connectivity index (χ3n) is 2.34. The summed E-state index contributed by atoms with van der Waals surface area (Å²) in [5.41, 5.74) is 0. The number of carbonyl (C=O) groups excluding carboxylic acids is 2. The van der Waals surface area contributed by atoms with Crippen LogP contribution in [-0.4, -0.2) is 60.1 Å². The Bertz CT molecular complexity index is 304. The number of rotatable bonds is 8. The van der Waals surface area contributed by atoms with E-state index < -0.39 is 0 Å². The van der Waals surface area contributed by atoms with Crippen LogP contribution < -0.4 is 0 Å². The molecule has 0 aromatic carbocycles. The first-order valence-electron chi connectivity index (χ1n) is 5.75. The Balaban J connectivity index is 4.86. The van der Waals surface area contributed by atoms with Gasteiger partial charge in [-0.2, -0.15) is 0 Å². The Hall–Kier alpha value is -0.151. The van der Waals surface area contributed by atoms with E-state index in [9.17, 15) is 9.59 Å². The topological polar surface area (TPSA) is 52.6 Å². The molecule has 0 amide bonds. The van der Waals surface area contributed by atoms with Crippen LogP contribution in [0.15, 0.2) is 0 Å². The van der Waals surface area contributed by atoms with Gasteiger partial charge in [-0.25, -0.2) is 0 Å². The van der Waals surface area contributed by atoms with Crippen LogP contribution in [-0.2, 0) is 19.1 Å². The molecule has 0 heterocycles. The SMILES string of the molecule is CCCC(OC(C)=O)C(=[Se])C(C[Se]C)C(=O)OC. The van der Waals surface area contributed by atoms with Gasteiger partial charge in [-0.3, -0.25) is 0 Å². The monoisotopic (exact) mass is 388 g/mol. The van der Waals surface area contributed by atoms with Gasteiger partial charge in [0.05, 0.1) is 0 Å². The summed E-state index contributed by atoms with van der Waals surface area (Å²) in [7, 11) is 1.38. The average Bonchev–Trinajstić information content (AvgIpc) is 2.33. The quantitative estimate of drug-likeness (QED) is 0.462. The van der Waals surface area contributed by atoms with Gasteiger partial charge in [0.15, 0.2) is 0 Å². The third-order valence-corrected chi connectivity index (χ3v) is 4.89. The Morgan fingerprint density at radius 3 is 2.39 bits per heavy atom. The van der Waals surface area contributed by atoms with Crippen LogP contribution in [0.4, 0.5) is 0 Å². The predicted molar refractivity (Wildman–Crippen MR) is 73.2 cm³/mol. The van der Waals surface area contributed by atoms with Crippen LogP contribution in [0, 0.1) is 5.92 Å². The molecule has 0 aromatic heterocycles. The Morgan fingerprint density at radius 1 is 1.39 bits per heavy atom. The minimum absolute atomic E-state index is 0.263. The van der Waals surface area contributed by atoms with E-state index in [0.717, 1.165) is 16.2 Å². The maximum atomic E-state index is 11.7. The molecule has 6 heteroatoms. The van der Waals surface area contributed by atoms with Gasteiger partial charge in [-0.15, -0.1) is 0 Å². The van der Waals surface area contributed by atoms with E-state index in [0.29, 0.717) is 21.4 Å². The van der Waals surface area contributed by atoms with E-state index in [1.54, 1.807) is 0 Å². The number of esters is 2. The minimum atomic E-state index is -0.334. The summed E-state index contributed by atoms with van der Waals surface area (Å²) in [4.78, 5) is 22.8. The fourth-order valence-electron chi connectivity index (χ4n) is 1.52. The average molecular weight is 386 g/mol. The van der Waals surface area contributed by atoms with Crippen molar-refractivity contribution in [2.45, 2.75) is 43.9 Å². The molecule has 0 fully saturated rings. The van der Waals surface area contributed by atoms with Gasteiger partial charge >= 0.3 is 123 Å². The van der Waals surface area contributed by atoms with Gasteiger partial charge in [0.2, 0.25) is 0 Å². The molecule has 4 nitrogen and oxygen atoms in total. The van der Waals surface area contributed by atoms with E-state index in [-0.39, 0.29) is 24.0 Å². The molecule has 0 aromatic rings. The molecular weight excluding hydrogens is 366 g/mol. The standard InChI is InChI=1S/C12H20O4Se2/c1-5-6-10(16-8(2)13)11(17)9(7-18-4)12(14)15-3/h9-10H,5-7H2,1-4H3. The Labute approximate surface area is 123 Å².